The largest absolute Gasteiger partial charge is 0.435 e. The minimum Gasteiger partial charge on any atom is -0.435 e. The third-order valence-corrected chi connectivity index (χ3v) is 4.52. The zero-order chi connectivity index (χ0) is 16.2. The summed E-state index contributed by atoms with van der Waals surface area (Å²) < 4.78 is 28.8. The molecule has 6 nitrogen and oxygen atoms in total. The van der Waals surface area contributed by atoms with E-state index in [2.05, 4.69) is 25.2 Å². The predicted octanol–water partition coefficient (Wildman–Crippen LogP) is 2.76. The number of nitrogens with one attached hydrogen (secondary N) is 2. The van der Waals surface area contributed by atoms with Crippen molar-refractivity contribution < 1.29 is 18.3 Å². The minimum atomic E-state index is -2.89. The Bertz CT molecular complexity index is 689. The number of aromatic amines is 1. The summed E-state index contributed by atoms with van der Waals surface area (Å²) >= 11 is 1.74. The van der Waals surface area contributed by atoms with Gasteiger partial charge >= 0.3 is 6.61 Å². The molecule has 1 saturated heterocycles. The fraction of sp³-hybridized carbons (Fsp3) is 0.357. The fourth-order valence-electron chi connectivity index (χ4n) is 2.22. The number of nitrogens with zero attached hydrogens (tertiary/aromatic N) is 2. The third-order valence-electron chi connectivity index (χ3n) is 3.35. The van der Waals surface area contributed by atoms with E-state index in [1.807, 2.05) is 0 Å². The van der Waals surface area contributed by atoms with Gasteiger partial charge in [-0.3, -0.25) is 15.2 Å². The summed E-state index contributed by atoms with van der Waals surface area (Å²) in [7, 11) is 0. The molecule has 2 heterocycles. The van der Waals surface area contributed by atoms with E-state index in [-0.39, 0.29) is 23.5 Å². The van der Waals surface area contributed by atoms with Gasteiger partial charge in [0.15, 0.2) is 5.82 Å². The lowest BCUT2D eigenvalue weighted by molar-refractivity contribution is -0.119. The topological polar surface area (TPSA) is 79.9 Å². The summed E-state index contributed by atoms with van der Waals surface area (Å²) in [6.45, 7) is -2.89. The number of carbonyl (C=O) groups is 1. The highest BCUT2D eigenvalue weighted by Gasteiger charge is 2.24. The van der Waals surface area contributed by atoms with Gasteiger partial charge in [0.2, 0.25) is 11.9 Å². The van der Waals surface area contributed by atoms with Crippen LogP contribution in [0.25, 0.3) is 11.4 Å². The van der Waals surface area contributed by atoms with Crippen molar-refractivity contribution in [3.63, 3.8) is 0 Å². The van der Waals surface area contributed by atoms with E-state index in [9.17, 15) is 13.6 Å². The average molecular weight is 340 g/mol. The van der Waals surface area contributed by atoms with Crippen LogP contribution < -0.4 is 10.1 Å². The number of hydrogen-bond donors (Lipinski definition) is 2. The van der Waals surface area contributed by atoms with Crippen LogP contribution in [0.5, 0.6) is 5.75 Å². The van der Waals surface area contributed by atoms with E-state index in [0.717, 1.165) is 17.9 Å². The molecular weight excluding hydrogens is 326 g/mol. The number of H-pyrrole nitrogens is 1. The highest BCUT2D eigenvalue weighted by molar-refractivity contribution is 7.99. The molecule has 9 heteroatoms. The first-order valence-electron chi connectivity index (χ1n) is 6.98. The van der Waals surface area contributed by atoms with Crippen molar-refractivity contribution in [2.24, 2.45) is 5.92 Å². The molecule has 3 rings (SSSR count). The maximum Gasteiger partial charge on any atom is 0.387 e. The second kappa shape index (κ2) is 6.95. The summed E-state index contributed by atoms with van der Waals surface area (Å²) in [6, 6.07) is 6.10. The van der Waals surface area contributed by atoms with Crippen LogP contribution in [0.4, 0.5) is 14.7 Å². The molecule has 2 aromatic rings. The molecule has 1 amide bonds. The molecule has 1 aliphatic heterocycles. The fourth-order valence-corrected chi connectivity index (χ4v) is 3.44. The first-order chi connectivity index (χ1) is 11.1. The van der Waals surface area contributed by atoms with Crippen molar-refractivity contribution in [3.05, 3.63) is 24.3 Å². The molecule has 1 atom stereocenters. The summed E-state index contributed by atoms with van der Waals surface area (Å²) in [5.41, 5.74) is 0.535. The Labute approximate surface area is 135 Å². The van der Waals surface area contributed by atoms with Gasteiger partial charge in [-0.15, -0.1) is 5.10 Å². The molecule has 1 fully saturated rings. The molecule has 1 aromatic heterocycles. The lowest BCUT2D eigenvalue weighted by Crippen LogP contribution is -2.22. The number of thioether (sulfide) groups is 1. The van der Waals surface area contributed by atoms with Crippen LogP contribution in [0, 0.1) is 5.92 Å². The SMILES string of the molecule is O=C(Nc1n[nH]c(-c2cccc(OC(F)F)c2)n1)[C@H]1CCSC1. The number of carbonyl (C=O) groups excluding carboxylic acids is 1. The second-order valence-electron chi connectivity index (χ2n) is 4.96. The van der Waals surface area contributed by atoms with Gasteiger partial charge in [-0.2, -0.15) is 25.5 Å². The Morgan fingerprint density at radius 1 is 1.48 bits per heavy atom. The van der Waals surface area contributed by atoms with Crippen LogP contribution in [-0.4, -0.2) is 39.2 Å². The molecule has 0 saturated carbocycles. The Hall–Kier alpha value is -2.16. The molecule has 1 aromatic carbocycles. The first kappa shape index (κ1) is 15.7. The minimum absolute atomic E-state index is 0.0234. The molecular formula is C14H14F2N4O2S. The van der Waals surface area contributed by atoms with Crippen molar-refractivity contribution in [1.29, 1.82) is 0 Å². The standard InChI is InChI=1S/C14H14F2N4O2S/c15-13(16)22-10-3-1-2-8(6-10)11-17-14(20-19-11)18-12(21)9-4-5-23-7-9/h1-3,6,9,13H,4-5,7H2,(H2,17,18,19,20,21)/t9-/m0/s1. The van der Waals surface area contributed by atoms with Gasteiger partial charge in [-0.05, 0) is 24.3 Å². The Morgan fingerprint density at radius 2 is 2.35 bits per heavy atom. The maximum atomic E-state index is 12.2. The van der Waals surface area contributed by atoms with Crippen LogP contribution >= 0.6 is 11.8 Å². The Kier molecular flexibility index (Phi) is 4.75. The van der Waals surface area contributed by atoms with Crippen molar-refractivity contribution >= 4 is 23.6 Å². The molecule has 0 bridgehead atoms. The molecule has 23 heavy (non-hydrogen) atoms. The van der Waals surface area contributed by atoms with Gasteiger partial charge in [0.1, 0.15) is 5.75 Å². The number of anilines is 1. The molecule has 1 aliphatic rings. The molecule has 122 valence electrons. The third kappa shape index (κ3) is 3.98. The highest BCUT2D eigenvalue weighted by Crippen LogP contribution is 2.25. The van der Waals surface area contributed by atoms with Crippen LogP contribution in [0.3, 0.4) is 0 Å². The van der Waals surface area contributed by atoms with Gasteiger partial charge in [0.25, 0.3) is 0 Å². The number of amides is 1. The number of alkyl halides is 2. The summed E-state index contributed by atoms with van der Waals surface area (Å²) in [6.07, 6.45) is 0.848. The maximum absolute atomic E-state index is 12.2. The summed E-state index contributed by atoms with van der Waals surface area (Å²) in [5, 5.41) is 9.27. The monoisotopic (exact) mass is 340 g/mol. The molecule has 0 unspecified atom stereocenters. The number of halogens is 2. The quantitative estimate of drug-likeness (QED) is 0.875. The highest BCUT2D eigenvalue weighted by atomic mass is 32.2. The zero-order valence-corrected chi connectivity index (χ0v) is 12.8. The zero-order valence-electron chi connectivity index (χ0n) is 12.0. The number of rotatable bonds is 5. The van der Waals surface area contributed by atoms with Crippen molar-refractivity contribution in [1.82, 2.24) is 15.2 Å². The molecule has 0 aliphatic carbocycles. The van der Waals surface area contributed by atoms with Crippen molar-refractivity contribution in [3.8, 4) is 17.1 Å². The van der Waals surface area contributed by atoms with Crippen LogP contribution in [0.1, 0.15) is 6.42 Å². The van der Waals surface area contributed by atoms with E-state index in [4.69, 9.17) is 0 Å². The lowest BCUT2D eigenvalue weighted by atomic mass is 10.1. The molecule has 0 radical (unpaired) electrons. The van der Waals surface area contributed by atoms with Crippen molar-refractivity contribution in [2.75, 3.05) is 16.8 Å². The second-order valence-corrected chi connectivity index (χ2v) is 6.11. The van der Waals surface area contributed by atoms with E-state index >= 15 is 0 Å². The number of ether oxygens (including phenoxy) is 1. The lowest BCUT2D eigenvalue weighted by Gasteiger charge is -2.06. The number of aromatic nitrogens is 3. The smallest absolute Gasteiger partial charge is 0.387 e. The van der Waals surface area contributed by atoms with E-state index in [0.29, 0.717) is 11.4 Å². The summed E-state index contributed by atoms with van der Waals surface area (Å²) in [4.78, 5) is 16.2. The molecule has 0 spiro atoms. The van der Waals surface area contributed by atoms with Gasteiger partial charge in [-0.1, -0.05) is 12.1 Å². The van der Waals surface area contributed by atoms with Crippen LogP contribution in [0.2, 0.25) is 0 Å². The van der Waals surface area contributed by atoms with E-state index in [1.54, 1.807) is 23.9 Å². The van der Waals surface area contributed by atoms with Gasteiger partial charge < -0.3 is 4.74 Å². The first-order valence-corrected chi connectivity index (χ1v) is 8.13. The Morgan fingerprint density at radius 3 is 3.09 bits per heavy atom. The Balaban J connectivity index is 1.70. The van der Waals surface area contributed by atoms with Gasteiger partial charge in [0.05, 0.1) is 0 Å². The van der Waals surface area contributed by atoms with Gasteiger partial charge in [-0.25, -0.2) is 0 Å². The number of hydrogen-bond acceptors (Lipinski definition) is 5. The molecule has 2 N–H and O–H groups in total. The van der Waals surface area contributed by atoms with Crippen LogP contribution in [0.15, 0.2) is 24.3 Å². The van der Waals surface area contributed by atoms with E-state index < -0.39 is 6.61 Å². The van der Waals surface area contributed by atoms with Gasteiger partial charge in [0, 0.05) is 17.2 Å². The summed E-state index contributed by atoms with van der Waals surface area (Å²) in [5.74, 6) is 2.22. The van der Waals surface area contributed by atoms with E-state index in [1.165, 1.54) is 12.1 Å². The van der Waals surface area contributed by atoms with Crippen molar-refractivity contribution in [2.45, 2.75) is 13.0 Å². The normalized spacial score (nSPS) is 17.4. The predicted molar refractivity (Wildman–Crippen MR) is 82.5 cm³/mol. The number of benzene rings is 1. The average Bonchev–Trinajstić information content (AvgIpc) is 3.18. The van der Waals surface area contributed by atoms with Crippen LogP contribution in [-0.2, 0) is 4.79 Å².